The zero-order valence-electron chi connectivity index (χ0n) is 24.4. The summed E-state index contributed by atoms with van der Waals surface area (Å²) in [6, 6.07) is -0.623. The van der Waals surface area contributed by atoms with Gasteiger partial charge in [0, 0.05) is 19.5 Å². The summed E-state index contributed by atoms with van der Waals surface area (Å²) in [6.45, 7) is 9.47. The number of nitrogens with zero attached hydrogens (tertiary/aromatic N) is 6. The van der Waals surface area contributed by atoms with Crippen LogP contribution >= 0.6 is 11.6 Å². The van der Waals surface area contributed by atoms with E-state index in [0.717, 1.165) is 32.2 Å². The smallest absolute Gasteiger partial charge is 0.410 e. The molecule has 6 atom stereocenters. The van der Waals surface area contributed by atoms with Gasteiger partial charge in [-0.2, -0.15) is 15.0 Å². The number of hydrogen-bond acceptors (Lipinski definition) is 9. The van der Waals surface area contributed by atoms with E-state index >= 15 is 4.39 Å². The van der Waals surface area contributed by atoms with Gasteiger partial charge in [-0.1, -0.05) is 18.5 Å². The van der Waals surface area contributed by atoms with Gasteiger partial charge in [-0.3, -0.25) is 9.80 Å². The van der Waals surface area contributed by atoms with Gasteiger partial charge in [-0.15, -0.1) is 0 Å². The van der Waals surface area contributed by atoms with Crippen LogP contribution in [0.25, 0.3) is 10.9 Å². The molecule has 0 spiro atoms. The summed E-state index contributed by atoms with van der Waals surface area (Å²) < 4.78 is 48.4. The molecular weight excluding hydrogens is 570 g/mol. The largest absolute Gasteiger partial charge is 0.471 e. The Kier molecular flexibility index (Phi) is 6.62. The van der Waals surface area contributed by atoms with Crippen LogP contribution in [-0.2, 0) is 4.74 Å². The fraction of sp³-hybridized carbons (Fsp3) is 0.724. The van der Waals surface area contributed by atoms with E-state index in [-0.39, 0.29) is 59.5 Å². The Morgan fingerprint density at radius 2 is 2.02 bits per heavy atom. The average Bonchev–Trinajstić information content (AvgIpc) is 3.53. The minimum absolute atomic E-state index is 0.00349. The van der Waals surface area contributed by atoms with Gasteiger partial charge in [0.1, 0.15) is 41.2 Å². The lowest BCUT2D eigenvalue weighted by Gasteiger charge is -2.48. The Morgan fingerprint density at radius 3 is 2.79 bits per heavy atom. The molecule has 0 radical (unpaired) electrons. The van der Waals surface area contributed by atoms with Crippen LogP contribution in [0.15, 0.2) is 0 Å². The highest BCUT2D eigenvalue weighted by Crippen LogP contribution is 2.47. The number of pyridine rings is 1. The Balaban J connectivity index is 1.30. The molecule has 1 amide bonds. The Hall–Kier alpha value is -2.73. The first kappa shape index (κ1) is 28.1. The third-order valence-corrected chi connectivity index (χ3v) is 9.78. The number of anilines is 1. The quantitative estimate of drug-likeness (QED) is 0.451. The molecule has 13 heteroatoms. The lowest BCUT2D eigenvalue weighted by atomic mass is 9.95. The number of aromatic nitrogens is 3. The second-order valence-electron chi connectivity index (χ2n) is 13.3. The van der Waals surface area contributed by atoms with Crippen molar-refractivity contribution < 1.29 is 27.8 Å². The number of ether oxygens (including phenoxy) is 3. The summed E-state index contributed by atoms with van der Waals surface area (Å²) in [4.78, 5) is 33.1. The number of carbonyl (C=O) groups excluding carboxylic acids is 1. The van der Waals surface area contributed by atoms with Crippen molar-refractivity contribution in [2.45, 2.75) is 108 Å². The number of hydrogen-bond donors (Lipinski definition) is 0. The minimum Gasteiger partial charge on any atom is -0.471 e. The molecule has 5 aliphatic rings. The van der Waals surface area contributed by atoms with Crippen LogP contribution in [0.3, 0.4) is 0 Å². The number of alkyl halides is 1. The molecule has 228 valence electrons. The van der Waals surface area contributed by atoms with Gasteiger partial charge in [-0.25, -0.2) is 13.6 Å². The normalized spacial score (nSPS) is 32.0. The van der Waals surface area contributed by atoms with Crippen molar-refractivity contribution >= 4 is 34.4 Å². The Bertz CT molecular complexity index is 1430. The molecule has 1 unspecified atom stereocenters. The zero-order chi connectivity index (χ0) is 29.6. The molecule has 2 bridgehead atoms. The number of carbonyl (C=O) groups is 1. The Morgan fingerprint density at radius 1 is 1.21 bits per heavy atom. The van der Waals surface area contributed by atoms with Crippen molar-refractivity contribution in [1.29, 1.82) is 0 Å². The summed E-state index contributed by atoms with van der Waals surface area (Å²) in [7, 11) is 0. The van der Waals surface area contributed by atoms with Crippen molar-refractivity contribution in [3.8, 4) is 11.9 Å². The first-order chi connectivity index (χ1) is 20.0. The van der Waals surface area contributed by atoms with E-state index in [1.54, 1.807) is 0 Å². The van der Waals surface area contributed by atoms with E-state index in [1.807, 2.05) is 32.6 Å². The van der Waals surface area contributed by atoms with Gasteiger partial charge in [-0.05, 0) is 59.4 Å². The molecule has 2 aromatic heterocycles. The summed E-state index contributed by atoms with van der Waals surface area (Å²) in [5.74, 6) is -0.166. The highest BCUT2D eigenvalue weighted by atomic mass is 35.5. The summed E-state index contributed by atoms with van der Waals surface area (Å²) >= 11 is 6.26. The average molecular weight is 607 g/mol. The molecule has 7 heterocycles. The predicted octanol–water partition coefficient (Wildman–Crippen LogP) is 4.90. The monoisotopic (exact) mass is 606 g/mol. The lowest BCUT2D eigenvalue weighted by Crippen LogP contribution is -2.65. The maximum Gasteiger partial charge on any atom is 0.410 e. The molecule has 0 aliphatic carbocycles. The van der Waals surface area contributed by atoms with Crippen molar-refractivity contribution in [3.63, 3.8) is 0 Å². The molecule has 2 aromatic rings. The van der Waals surface area contributed by atoms with Crippen molar-refractivity contribution in [1.82, 2.24) is 24.8 Å². The molecule has 5 aliphatic heterocycles. The molecule has 0 aromatic carbocycles. The van der Waals surface area contributed by atoms with Crippen LogP contribution < -0.4 is 14.4 Å². The topological polar surface area (TPSA) is 93.2 Å². The van der Waals surface area contributed by atoms with Crippen LogP contribution in [0.5, 0.6) is 11.9 Å². The van der Waals surface area contributed by atoms with E-state index in [0.29, 0.717) is 37.1 Å². The van der Waals surface area contributed by atoms with Gasteiger partial charge >= 0.3 is 12.1 Å². The van der Waals surface area contributed by atoms with Gasteiger partial charge in [0.2, 0.25) is 5.88 Å². The van der Waals surface area contributed by atoms with Crippen LogP contribution in [-0.4, -0.2) is 98.6 Å². The third-order valence-electron chi connectivity index (χ3n) is 9.53. The fourth-order valence-corrected chi connectivity index (χ4v) is 8.04. The van der Waals surface area contributed by atoms with E-state index in [4.69, 9.17) is 30.8 Å². The SMILES string of the molecule is CCC1Oc2nc(Cl)c(F)c3nc(OC[C@@]45CCCN4C[C@H](F)C5)nc(c23)N2C[C@H]3CC[C@@H]([C@@H]12)N3C(=O)OC(C)(C)C. The molecular formula is C29H37ClF2N6O4. The lowest BCUT2D eigenvalue weighted by molar-refractivity contribution is -0.000592. The zero-order valence-corrected chi connectivity index (χ0v) is 25.2. The van der Waals surface area contributed by atoms with Gasteiger partial charge in [0.05, 0.1) is 23.7 Å². The Labute approximate surface area is 248 Å². The molecule has 10 nitrogen and oxygen atoms in total. The minimum atomic E-state index is -0.901. The van der Waals surface area contributed by atoms with E-state index < -0.39 is 23.1 Å². The van der Waals surface area contributed by atoms with E-state index in [1.165, 1.54) is 0 Å². The summed E-state index contributed by atoms with van der Waals surface area (Å²) in [5.41, 5.74) is -1.08. The highest BCUT2D eigenvalue weighted by Gasteiger charge is 2.54. The summed E-state index contributed by atoms with van der Waals surface area (Å²) in [6.07, 6.45) is 2.73. The van der Waals surface area contributed by atoms with Gasteiger partial charge < -0.3 is 19.1 Å². The number of piperazine rings is 1. The second kappa shape index (κ2) is 9.90. The second-order valence-corrected chi connectivity index (χ2v) is 13.7. The molecule has 7 rings (SSSR count). The first-order valence-electron chi connectivity index (χ1n) is 15.0. The fourth-order valence-electron chi connectivity index (χ4n) is 7.88. The maximum atomic E-state index is 15.6. The number of rotatable bonds is 4. The molecule has 42 heavy (non-hydrogen) atoms. The summed E-state index contributed by atoms with van der Waals surface area (Å²) in [5, 5.41) is -0.0167. The van der Waals surface area contributed by atoms with E-state index in [2.05, 4.69) is 19.8 Å². The van der Waals surface area contributed by atoms with Gasteiger partial charge in [0.25, 0.3) is 0 Å². The van der Waals surface area contributed by atoms with E-state index in [9.17, 15) is 9.18 Å². The number of amides is 1. The molecule has 0 saturated carbocycles. The van der Waals surface area contributed by atoms with Gasteiger partial charge in [0.15, 0.2) is 11.0 Å². The predicted molar refractivity (Wildman–Crippen MR) is 152 cm³/mol. The van der Waals surface area contributed by atoms with Crippen LogP contribution in [0.2, 0.25) is 5.15 Å². The standard InChI is InChI=1S/C29H37ClF2N6O4/c1-5-18-22-17-8-7-16(38(17)27(39)42-28(2,3)4)13-37(22)24-19-21(20(32)23(30)34-25(19)41-18)33-26(35-24)40-14-29-9-6-10-36(29)12-15(31)11-29/h15-18,22H,5-14H2,1-4H3/t15-,16-,17+,18?,22+,29+/m1/s1. The highest BCUT2D eigenvalue weighted by molar-refractivity contribution is 6.30. The molecule has 4 saturated heterocycles. The van der Waals surface area contributed by atoms with Crippen molar-refractivity contribution in [2.75, 3.05) is 31.1 Å². The number of fused-ring (bicyclic) bond motifs is 6. The van der Waals surface area contributed by atoms with Crippen LogP contribution in [0.1, 0.15) is 66.2 Å². The third kappa shape index (κ3) is 4.42. The molecule has 0 N–H and O–H groups in total. The first-order valence-corrected chi connectivity index (χ1v) is 15.4. The van der Waals surface area contributed by atoms with Crippen molar-refractivity contribution in [3.05, 3.63) is 11.0 Å². The van der Waals surface area contributed by atoms with Crippen LogP contribution in [0.4, 0.5) is 19.4 Å². The number of halogens is 3. The molecule has 4 fully saturated rings. The van der Waals surface area contributed by atoms with Crippen LogP contribution in [0, 0.1) is 5.82 Å². The maximum absolute atomic E-state index is 15.6. The van der Waals surface area contributed by atoms with Crippen molar-refractivity contribution in [2.24, 2.45) is 0 Å².